The molecule has 2 aromatic rings. The van der Waals surface area contributed by atoms with Crippen molar-refractivity contribution in [2.24, 2.45) is 0 Å². The average molecular weight is 309 g/mol. The third kappa shape index (κ3) is 1.95. The van der Waals surface area contributed by atoms with Gasteiger partial charge in [0.15, 0.2) is 0 Å². The molecule has 1 aromatic carbocycles. The first kappa shape index (κ1) is 12.8. The molecule has 5 heteroatoms. The summed E-state index contributed by atoms with van der Waals surface area (Å²) in [4.78, 5) is 11.3. The van der Waals surface area contributed by atoms with Gasteiger partial charge in [0.1, 0.15) is 0 Å². The summed E-state index contributed by atoms with van der Waals surface area (Å²) < 4.78 is 2.23. The fourth-order valence-corrected chi connectivity index (χ4v) is 2.38. The Kier molecular flexibility index (Phi) is 3.26. The monoisotopic (exact) mass is 308 g/mol. The molecule has 0 unspecified atom stereocenters. The Morgan fingerprint density at radius 2 is 2.00 bits per heavy atom. The Labute approximate surface area is 113 Å². The lowest BCUT2D eigenvalue weighted by atomic mass is 10.1. The van der Waals surface area contributed by atoms with E-state index in [0.717, 1.165) is 17.0 Å². The molecule has 1 N–H and O–H groups in total. The molecule has 0 saturated carbocycles. The normalized spacial score (nSPS) is 10.7. The number of benzene rings is 1. The molecule has 0 saturated heterocycles. The van der Waals surface area contributed by atoms with Crippen molar-refractivity contribution in [2.75, 3.05) is 0 Å². The van der Waals surface area contributed by atoms with E-state index in [1.54, 1.807) is 22.9 Å². The smallest absolute Gasteiger partial charge is 0.339 e. The first-order chi connectivity index (χ1) is 8.43. The maximum atomic E-state index is 11.3. The highest BCUT2D eigenvalue weighted by Crippen LogP contribution is 2.26. The summed E-state index contributed by atoms with van der Waals surface area (Å²) in [6.45, 7) is 5.83. The Morgan fingerprint density at radius 3 is 2.50 bits per heavy atom. The van der Waals surface area contributed by atoms with Crippen LogP contribution in [0.2, 0.25) is 0 Å². The molecule has 0 aliphatic rings. The standard InChI is InChI=1S/C13H13BrN2O2/c1-7-8(2)15-16(9(7)3)11-6-4-5-10(14)12(11)13(17)18/h4-6H,1-3H3,(H,17,18). The van der Waals surface area contributed by atoms with E-state index >= 15 is 0 Å². The van der Waals surface area contributed by atoms with E-state index in [4.69, 9.17) is 0 Å². The van der Waals surface area contributed by atoms with Crippen molar-refractivity contribution in [3.05, 3.63) is 45.2 Å². The molecule has 0 bridgehead atoms. The largest absolute Gasteiger partial charge is 0.478 e. The Morgan fingerprint density at radius 1 is 1.33 bits per heavy atom. The van der Waals surface area contributed by atoms with Crippen molar-refractivity contribution in [1.29, 1.82) is 0 Å². The highest BCUT2D eigenvalue weighted by atomic mass is 79.9. The molecule has 2 rings (SSSR count). The van der Waals surface area contributed by atoms with Crippen molar-refractivity contribution in [1.82, 2.24) is 9.78 Å². The van der Waals surface area contributed by atoms with Crippen LogP contribution in [-0.2, 0) is 0 Å². The zero-order valence-electron chi connectivity index (χ0n) is 10.4. The van der Waals surface area contributed by atoms with Gasteiger partial charge >= 0.3 is 5.97 Å². The van der Waals surface area contributed by atoms with Gasteiger partial charge in [0.05, 0.1) is 16.9 Å². The third-order valence-corrected chi connectivity index (χ3v) is 3.75. The zero-order chi connectivity index (χ0) is 13.4. The van der Waals surface area contributed by atoms with Gasteiger partial charge in [-0.25, -0.2) is 9.48 Å². The van der Waals surface area contributed by atoms with Crippen LogP contribution in [0, 0.1) is 20.8 Å². The molecule has 0 aliphatic carbocycles. The molecule has 0 aliphatic heterocycles. The summed E-state index contributed by atoms with van der Waals surface area (Å²) in [5.74, 6) is -0.970. The minimum absolute atomic E-state index is 0.225. The number of carbonyl (C=O) groups is 1. The van der Waals surface area contributed by atoms with E-state index < -0.39 is 5.97 Å². The van der Waals surface area contributed by atoms with Crippen LogP contribution in [0.4, 0.5) is 0 Å². The first-order valence-corrected chi connectivity index (χ1v) is 6.27. The third-order valence-electron chi connectivity index (χ3n) is 3.09. The topological polar surface area (TPSA) is 55.1 Å². The molecule has 1 heterocycles. The van der Waals surface area contributed by atoms with Crippen LogP contribution in [0.3, 0.4) is 0 Å². The average Bonchev–Trinajstić information content (AvgIpc) is 2.56. The summed E-state index contributed by atoms with van der Waals surface area (Å²) >= 11 is 3.27. The van der Waals surface area contributed by atoms with E-state index in [9.17, 15) is 9.90 Å². The second-order valence-corrected chi connectivity index (χ2v) is 5.00. The quantitative estimate of drug-likeness (QED) is 0.926. The number of nitrogens with zero attached hydrogens (tertiary/aromatic N) is 2. The lowest BCUT2D eigenvalue weighted by Crippen LogP contribution is -2.08. The predicted molar refractivity (Wildman–Crippen MR) is 72.4 cm³/mol. The molecule has 1 aromatic heterocycles. The maximum Gasteiger partial charge on any atom is 0.339 e. The van der Waals surface area contributed by atoms with Crippen LogP contribution in [0.15, 0.2) is 22.7 Å². The van der Waals surface area contributed by atoms with E-state index in [2.05, 4.69) is 21.0 Å². The highest BCUT2D eigenvalue weighted by Gasteiger charge is 2.18. The molecule has 0 fully saturated rings. The van der Waals surface area contributed by atoms with Crippen molar-refractivity contribution >= 4 is 21.9 Å². The van der Waals surface area contributed by atoms with Crippen molar-refractivity contribution in [3.63, 3.8) is 0 Å². The molecule has 0 amide bonds. The number of aromatic carboxylic acids is 1. The van der Waals surface area contributed by atoms with E-state index in [1.165, 1.54) is 0 Å². The molecule has 0 atom stereocenters. The number of carboxylic acids is 1. The van der Waals surface area contributed by atoms with Gasteiger partial charge in [-0.05, 0) is 54.4 Å². The van der Waals surface area contributed by atoms with Crippen molar-refractivity contribution in [3.8, 4) is 5.69 Å². The van der Waals surface area contributed by atoms with Crippen molar-refractivity contribution in [2.45, 2.75) is 20.8 Å². The van der Waals surface area contributed by atoms with Crippen molar-refractivity contribution < 1.29 is 9.90 Å². The number of carboxylic acid groups (broad SMARTS) is 1. The van der Waals surface area contributed by atoms with Gasteiger partial charge in [-0.1, -0.05) is 6.07 Å². The fourth-order valence-electron chi connectivity index (χ4n) is 1.86. The van der Waals surface area contributed by atoms with E-state index in [0.29, 0.717) is 10.2 Å². The Balaban J connectivity index is 2.75. The molecule has 4 nitrogen and oxygen atoms in total. The summed E-state index contributed by atoms with van der Waals surface area (Å²) in [5, 5.41) is 13.7. The Hall–Kier alpha value is -1.62. The number of aryl methyl sites for hydroxylation is 1. The van der Waals surface area contributed by atoms with Gasteiger partial charge in [0.25, 0.3) is 0 Å². The minimum Gasteiger partial charge on any atom is -0.478 e. The fraction of sp³-hybridized carbons (Fsp3) is 0.231. The molecule has 0 spiro atoms. The van der Waals surface area contributed by atoms with Crippen LogP contribution in [0.25, 0.3) is 5.69 Å². The predicted octanol–water partition coefficient (Wildman–Crippen LogP) is 3.26. The van der Waals surface area contributed by atoms with Gasteiger partial charge < -0.3 is 5.11 Å². The summed E-state index contributed by atoms with van der Waals surface area (Å²) in [6, 6.07) is 5.27. The van der Waals surface area contributed by atoms with Crippen LogP contribution in [-0.4, -0.2) is 20.9 Å². The van der Waals surface area contributed by atoms with E-state index in [1.807, 2.05) is 20.8 Å². The van der Waals surface area contributed by atoms with Gasteiger partial charge in [-0.15, -0.1) is 0 Å². The molecular weight excluding hydrogens is 296 g/mol. The lowest BCUT2D eigenvalue weighted by molar-refractivity contribution is 0.0695. The molecular formula is C13H13BrN2O2. The lowest BCUT2D eigenvalue weighted by Gasteiger charge is -2.09. The molecule has 18 heavy (non-hydrogen) atoms. The first-order valence-electron chi connectivity index (χ1n) is 5.48. The number of hydrogen-bond acceptors (Lipinski definition) is 2. The van der Waals surface area contributed by atoms with Crippen LogP contribution in [0.5, 0.6) is 0 Å². The van der Waals surface area contributed by atoms with Gasteiger partial charge in [-0.2, -0.15) is 5.10 Å². The minimum atomic E-state index is -0.970. The summed E-state index contributed by atoms with van der Waals surface area (Å²) in [7, 11) is 0. The second kappa shape index (κ2) is 4.57. The van der Waals surface area contributed by atoms with Gasteiger partial charge in [0.2, 0.25) is 0 Å². The summed E-state index contributed by atoms with van der Waals surface area (Å²) in [5.41, 5.74) is 3.73. The number of halogens is 1. The van der Waals surface area contributed by atoms with Crippen LogP contribution >= 0.6 is 15.9 Å². The number of rotatable bonds is 2. The summed E-state index contributed by atoms with van der Waals surface area (Å²) in [6.07, 6.45) is 0. The zero-order valence-corrected chi connectivity index (χ0v) is 11.9. The maximum absolute atomic E-state index is 11.3. The molecule has 0 radical (unpaired) electrons. The number of hydrogen-bond donors (Lipinski definition) is 1. The van der Waals surface area contributed by atoms with Gasteiger partial charge in [0, 0.05) is 10.2 Å². The SMILES string of the molecule is Cc1nn(-c2cccc(Br)c2C(=O)O)c(C)c1C. The van der Waals surface area contributed by atoms with Crippen LogP contribution in [0.1, 0.15) is 27.3 Å². The Bertz CT molecular complexity index is 632. The van der Waals surface area contributed by atoms with E-state index in [-0.39, 0.29) is 5.56 Å². The second-order valence-electron chi connectivity index (χ2n) is 4.15. The molecule has 94 valence electrons. The number of aromatic nitrogens is 2. The van der Waals surface area contributed by atoms with Crippen LogP contribution < -0.4 is 0 Å². The highest BCUT2D eigenvalue weighted by molar-refractivity contribution is 9.10. The van der Waals surface area contributed by atoms with Gasteiger partial charge in [-0.3, -0.25) is 0 Å².